The molecule has 0 rings (SSSR count). The van der Waals surface area contributed by atoms with E-state index < -0.39 is 18.0 Å². The molecule has 0 aliphatic rings. The van der Waals surface area contributed by atoms with Crippen LogP contribution in [0.3, 0.4) is 0 Å². The second-order valence-corrected chi connectivity index (χ2v) is 2.16. The van der Waals surface area contributed by atoms with E-state index in [2.05, 4.69) is 10.6 Å². The highest BCUT2D eigenvalue weighted by Gasteiger charge is 2.10. The predicted octanol–water partition coefficient (Wildman–Crippen LogP) is -1.85. The number of nitrogens with two attached hydrogens (primary N) is 1. The fourth-order valence-electron chi connectivity index (χ4n) is 0.513. The molecule has 3 amide bonds. The van der Waals surface area contributed by atoms with Gasteiger partial charge in [-0.2, -0.15) is 0 Å². The number of urea groups is 1. The summed E-state index contributed by atoms with van der Waals surface area (Å²) in [6.07, 6.45) is -1.33. The van der Waals surface area contributed by atoms with Gasteiger partial charge in [0.2, 0.25) is 5.91 Å². The van der Waals surface area contributed by atoms with Gasteiger partial charge in [-0.1, -0.05) is 0 Å². The normalized spacial score (nSPS) is 11.8. The minimum atomic E-state index is -1.33. The van der Waals surface area contributed by atoms with Crippen molar-refractivity contribution in [3.8, 4) is 0 Å². The van der Waals surface area contributed by atoms with Gasteiger partial charge in [0, 0.05) is 6.54 Å². The van der Waals surface area contributed by atoms with E-state index in [4.69, 9.17) is 10.8 Å². The van der Waals surface area contributed by atoms with Crippen LogP contribution in [0.5, 0.6) is 0 Å². The second-order valence-electron chi connectivity index (χ2n) is 2.16. The van der Waals surface area contributed by atoms with E-state index in [9.17, 15) is 9.59 Å². The number of aliphatic hydroxyl groups is 1. The van der Waals surface area contributed by atoms with Crippen molar-refractivity contribution >= 4 is 11.9 Å². The molecule has 0 aliphatic carbocycles. The Morgan fingerprint density at radius 2 is 2.08 bits per heavy atom. The molecule has 12 heavy (non-hydrogen) atoms. The molecule has 0 saturated heterocycles. The van der Waals surface area contributed by atoms with Crippen LogP contribution in [0.25, 0.3) is 0 Å². The molecule has 0 heterocycles. The van der Waals surface area contributed by atoms with Crippen molar-refractivity contribution in [1.82, 2.24) is 10.6 Å². The first kappa shape index (κ1) is 10.7. The predicted molar refractivity (Wildman–Crippen MR) is 42.3 cm³/mol. The zero-order valence-electron chi connectivity index (χ0n) is 6.83. The first-order valence-electron chi connectivity index (χ1n) is 3.57. The van der Waals surface area contributed by atoms with Crippen LogP contribution in [-0.2, 0) is 4.79 Å². The number of hydrogen-bond donors (Lipinski definition) is 4. The standard InChI is InChI=1S/C6H13N3O3/c1-2-8-6(12)9-3-4(10)5(7)11/h4,10H,2-3H2,1H3,(H2,7,11)(H2,8,9,12). The molecule has 0 aromatic heterocycles. The summed E-state index contributed by atoms with van der Waals surface area (Å²) in [4.78, 5) is 21.0. The quantitative estimate of drug-likeness (QED) is 0.403. The van der Waals surface area contributed by atoms with Gasteiger partial charge in [0.25, 0.3) is 0 Å². The number of nitrogens with one attached hydrogen (secondary N) is 2. The Bertz CT molecular complexity index is 171. The number of hydrogen-bond acceptors (Lipinski definition) is 3. The summed E-state index contributed by atoms with van der Waals surface area (Å²) in [5.74, 6) is -0.855. The van der Waals surface area contributed by atoms with Gasteiger partial charge in [0.1, 0.15) is 6.10 Å². The topological polar surface area (TPSA) is 104 Å². The van der Waals surface area contributed by atoms with Gasteiger partial charge in [-0.15, -0.1) is 0 Å². The van der Waals surface area contributed by atoms with Gasteiger partial charge in [-0.25, -0.2) is 4.79 Å². The molecule has 70 valence electrons. The largest absolute Gasteiger partial charge is 0.381 e. The highest BCUT2D eigenvalue weighted by atomic mass is 16.3. The summed E-state index contributed by atoms with van der Waals surface area (Å²) in [6, 6.07) is -0.433. The summed E-state index contributed by atoms with van der Waals surface area (Å²) >= 11 is 0. The first-order valence-corrected chi connectivity index (χ1v) is 3.57. The molecule has 0 fully saturated rings. The highest BCUT2D eigenvalue weighted by molar-refractivity contribution is 5.80. The van der Waals surface area contributed by atoms with Crippen LogP contribution in [0.15, 0.2) is 0 Å². The minimum absolute atomic E-state index is 0.166. The Morgan fingerprint density at radius 1 is 1.50 bits per heavy atom. The molecule has 0 spiro atoms. The van der Waals surface area contributed by atoms with Gasteiger partial charge in [-0.3, -0.25) is 4.79 Å². The Balaban J connectivity index is 3.54. The van der Waals surface area contributed by atoms with Crippen molar-refractivity contribution in [1.29, 1.82) is 0 Å². The van der Waals surface area contributed by atoms with Gasteiger partial charge in [-0.05, 0) is 6.92 Å². The smallest absolute Gasteiger partial charge is 0.314 e. The zero-order valence-corrected chi connectivity index (χ0v) is 6.83. The molecule has 0 radical (unpaired) electrons. The molecule has 0 aromatic carbocycles. The summed E-state index contributed by atoms with van der Waals surface area (Å²) in [7, 11) is 0. The lowest BCUT2D eigenvalue weighted by Crippen LogP contribution is -2.43. The molecule has 0 aromatic rings. The molecule has 0 saturated carbocycles. The van der Waals surface area contributed by atoms with E-state index in [1.807, 2.05) is 0 Å². The van der Waals surface area contributed by atoms with Crippen molar-refractivity contribution < 1.29 is 14.7 Å². The Kier molecular flexibility index (Phi) is 4.78. The number of carbonyl (C=O) groups is 2. The number of primary amides is 1. The monoisotopic (exact) mass is 175 g/mol. The minimum Gasteiger partial charge on any atom is -0.381 e. The third-order valence-electron chi connectivity index (χ3n) is 1.12. The maximum atomic E-state index is 10.7. The zero-order chi connectivity index (χ0) is 9.56. The van der Waals surface area contributed by atoms with E-state index in [1.54, 1.807) is 6.92 Å². The van der Waals surface area contributed by atoms with Crippen LogP contribution >= 0.6 is 0 Å². The maximum absolute atomic E-state index is 10.7. The van der Waals surface area contributed by atoms with Gasteiger partial charge in [0.15, 0.2) is 0 Å². The fraction of sp³-hybridized carbons (Fsp3) is 0.667. The number of rotatable bonds is 4. The van der Waals surface area contributed by atoms with Crippen LogP contribution in [0.4, 0.5) is 4.79 Å². The van der Waals surface area contributed by atoms with E-state index in [1.165, 1.54) is 0 Å². The van der Waals surface area contributed by atoms with Crippen molar-refractivity contribution in [3.63, 3.8) is 0 Å². The summed E-state index contributed by atoms with van der Waals surface area (Å²) in [5, 5.41) is 13.5. The molecular formula is C6H13N3O3. The lowest BCUT2D eigenvalue weighted by Gasteiger charge is -2.08. The molecule has 1 unspecified atom stereocenters. The summed E-state index contributed by atoms with van der Waals surface area (Å²) < 4.78 is 0. The van der Waals surface area contributed by atoms with Crippen LogP contribution in [-0.4, -0.2) is 36.2 Å². The van der Waals surface area contributed by atoms with Gasteiger partial charge < -0.3 is 21.5 Å². The van der Waals surface area contributed by atoms with Crippen LogP contribution in [0.2, 0.25) is 0 Å². The molecule has 6 nitrogen and oxygen atoms in total. The van der Waals surface area contributed by atoms with E-state index in [-0.39, 0.29) is 6.54 Å². The Labute approximate surface area is 70.1 Å². The van der Waals surface area contributed by atoms with E-state index in [0.29, 0.717) is 6.54 Å². The van der Waals surface area contributed by atoms with Crippen molar-refractivity contribution in [2.45, 2.75) is 13.0 Å². The summed E-state index contributed by atoms with van der Waals surface area (Å²) in [6.45, 7) is 2.07. The molecule has 6 heteroatoms. The van der Waals surface area contributed by atoms with Crippen molar-refractivity contribution in [3.05, 3.63) is 0 Å². The number of carbonyl (C=O) groups excluding carboxylic acids is 2. The molecular weight excluding hydrogens is 162 g/mol. The van der Waals surface area contributed by atoms with Crippen LogP contribution in [0, 0.1) is 0 Å². The lowest BCUT2D eigenvalue weighted by molar-refractivity contribution is -0.125. The molecule has 0 aliphatic heterocycles. The molecule has 5 N–H and O–H groups in total. The average molecular weight is 175 g/mol. The van der Waals surface area contributed by atoms with E-state index in [0.717, 1.165) is 0 Å². The third kappa shape index (κ3) is 4.51. The first-order chi connectivity index (χ1) is 5.57. The fourth-order valence-corrected chi connectivity index (χ4v) is 0.513. The van der Waals surface area contributed by atoms with Gasteiger partial charge >= 0.3 is 6.03 Å². The van der Waals surface area contributed by atoms with Crippen molar-refractivity contribution in [2.75, 3.05) is 13.1 Å². The molecule has 0 bridgehead atoms. The summed E-state index contributed by atoms with van der Waals surface area (Å²) in [5.41, 5.74) is 4.74. The Hall–Kier alpha value is -1.30. The average Bonchev–Trinajstić information content (AvgIpc) is 2.00. The van der Waals surface area contributed by atoms with E-state index >= 15 is 0 Å². The van der Waals surface area contributed by atoms with Gasteiger partial charge in [0.05, 0.1) is 6.54 Å². The maximum Gasteiger partial charge on any atom is 0.314 e. The lowest BCUT2D eigenvalue weighted by atomic mass is 10.3. The number of amides is 3. The van der Waals surface area contributed by atoms with Crippen molar-refractivity contribution in [2.24, 2.45) is 5.73 Å². The SMILES string of the molecule is CCNC(=O)NCC(O)C(N)=O. The third-order valence-corrected chi connectivity index (χ3v) is 1.12. The van der Waals surface area contributed by atoms with Crippen LogP contribution < -0.4 is 16.4 Å². The Morgan fingerprint density at radius 3 is 2.50 bits per heavy atom. The van der Waals surface area contributed by atoms with Crippen LogP contribution in [0.1, 0.15) is 6.92 Å². The second kappa shape index (κ2) is 5.36. The highest BCUT2D eigenvalue weighted by Crippen LogP contribution is 1.76. The number of aliphatic hydroxyl groups excluding tert-OH is 1. The molecule has 1 atom stereocenters.